The van der Waals surface area contributed by atoms with Gasteiger partial charge >= 0.3 is 0 Å². The van der Waals surface area contributed by atoms with E-state index in [0.29, 0.717) is 53.1 Å². The molecule has 6 bridgehead atoms. The normalized spacial score (nSPS) is 42.6. The highest BCUT2D eigenvalue weighted by Crippen LogP contribution is 2.65. The van der Waals surface area contributed by atoms with E-state index >= 15 is 0 Å². The lowest BCUT2D eigenvalue weighted by Gasteiger charge is -2.56. The van der Waals surface area contributed by atoms with E-state index in [4.69, 9.17) is 14.2 Å². The van der Waals surface area contributed by atoms with Crippen LogP contribution in [0.5, 0.6) is 34.5 Å². The number of benzene rings is 3. The number of hydrogen-bond donors (Lipinski definition) is 6. The molecule has 15 rings (SSSR count). The summed E-state index contributed by atoms with van der Waals surface area (Å²) in [6, 6.07) is 12.7. The maximum atomic E-state index is 10.4. The van der Waals surface area contributed by atoms with Crippen molar-refractivity contribution in [2.45, 2.75) is 110 Å². The lowest BCUT2D eigenvalue weighted by molar-refractivity contribution is -0.0453. The summed E-state index contributed by atoms with van der Waals surface area (Å²) in [4.78, 5) is 7.30. The average Bonchev–Trinajstić information content (AvgIpc) is 3.95. The number of nitrogens with zero attached hydrogens (tertiary/aromatic N) is 3. The number of piperidine rings is 3. The minimum absolute atomic E-state index is 0.160. The summed E-state index contributed by atoms with van der Waals surface area (Å²) in [7, 11) is 6.56. The fourth-order valence-corrected chi connectivity index (χ4v) is 15.7. The van der Waals surface area contributed by atoms with Gasteiger partial charge in [-0.25, -0.2) is 0 Å². The van der Waals surface area contributed by atoms with Gasteiger partial charge in [0.25, 0.3) is 0 Å². The summed E-state index contributed by atoms with van der Waals surface area (Å²) < 4.78 is 18.3. The number of ether oxygens (including phenoxy) is 3. The smallest absolute Gasteiger partial charge is 0.165 e. The molecule has 15 atom stereocenters. The Kier molecular flexibility index (Phi) is 8.05. The first-order valence-electron chi connectivity index (χ1n) is 23.1. The molecule has 6 aliphatic carbocycles. The summed E-state index contributed by atoms with van der Waals surface area (Å²) in [5, 5.41) is 61.9. The van der Waals surface area contributed by atoms with Gasteiger partial charge in [-0.3, -0.25) is 0 Å². The van der Waals surface area contributed by atoms with E-state index in [9.17, 15) is 30.6 Å². The van der Waals surface area contributed by atoms with E-state index < -0.39 is 18.3 Å². The Balaban J connectivity index is 0.0000000957. The molecule has 330 valence electrons. The number of aliphatic hydroxyl groups excluding tert-OH is 3. The third-order valence-corrected chi connectivity index (χ3v) is 18.4. The number of rotatable bonds is 0. The topological polar surface area (TPSA) is 159 Å². The van der Waals surface area contributed by atoms with Gasteiger partial charge in [0.15, 0.2) is 34.5 Å². The Morgan fingerprint density at radius 3 is 1.02 bits per heavy atom. The van der Waals surface area contributed by atoms with Crippen LogP contribution in [0.25, 0.3) is 0 Å². The van der Waals surface area contributed by atoms with Gasteiger partial charge in [-0.1, -0.05) is 54.7 Å². The van der Waals surface area contributed by atoms with Crippen molar-refractivity contribution in [3.63, 3.8) is 0 Å². The van der Waals surface area contributed by atoms with E-state index in [0.717, 1.165) is 58.2 Å². The van der Waals surface area contributed by atoms with Crippen molar-refractivity contribution in [3.8, 4) is 34.5 Å². The first-order chi connectivity index (χ1) is 30.4. The van der Waals surface area contributed by atoms with Crippen molar-refractivity contribution in [3.05, 3.63) is 106 Å². The van der Waals surface area contributed by atoms with Crippen LogP contribution in [0.2, 0.25) is 0 Å². The monoisotopic (exact) mass is 855 g/mol. The molecule has 3 fully saturated rings. The lowest BCUT2D eigenvalue weighted by Crippen LogP contribution is -2.64. The number of phenols is 3. The second-order valence-corrected chi connectivity index (χ2v) is 20.8. The molecule has 12 heteroatoms. The van der Waals surface area contributed by atoms with Crippen LogP contribution in [0.4, 0.5) is 0 Å². The van der Waals surface area contributed by atoms with Crippen molar-refractivity contribution < 1.29 is 44.8 Å². The molecular formula is C51H57N3O9. The van der Waals surface area contributed by atoms with Crippen molar-refractivity contribution in [2.24, 2.45) is 17.8 Å². The van der Waals surface area contributed by atoms with Gasteiger partial charge in [0.2, 0.25) is 0 Å². The molecule has 12 nitrogen and oxygen atoms in total. The molecule has 3 spiro atoms. The van der Waals surface area contributed by atoms with E-state index in [1.54, 1.807) is 18.2 Å². The van der Waals surface area contributed by atoms with Crippen LogP contribution >= 0.6 is 0 Å². The van der Waals surface area contributed by atoms with Crippen molar-refractivity contribution >= 4 is 0 Å². The Hall–Kier alpha value is -4.56. The standard InChI is InChI=1S/3C17H19NO3/c3*1-18-7-6-17-10-3-5-13(20)16(17)21-15-12(19)4-2-9(14(15)17)8-11(10)18/h3*2-5,10-11,13,16,19-20H,6-8H2,1H3/t3*10-,11+,13-,16-,17-/m000/s1. The van der Waals surface area contributed by atoms with Crippen LogP contribution in [-0.4, -0.2) is 141 Å². The number of phenolic OH excluding ortho intramolecular Hbond substituents is 3. The van der Waals surface area contributed by atoms with E-state index in [1.165, 1.54) is 33.4 Å². The second-order valence-electron chi connectivity index (χ2n) is 20.8. The quantitative estimate of drug-likeness (QED) is 0.183. The van der Waals surface area contributed by atoms with Crippen LogP contribution in [-0.2, 0) is 35.5 Å². The molecule has 63 heavy (non-hydrogen) atoms. The molecule has 6 N–H and O–H groups in total. The minimum atomic E-state index is -0.594. The maximum Gasteiger partial charge on any atom is 0.165 e. The predicted octanol–water partition coefficient (Wildman–Crippen LogP) is 3.59. The number of hydrogen-bond acceptors (Lipinski definition) is 12. The predicted molar refractivity (Wildman–Crippen MR) is 233 cm³/mol. The fourth-order valence-electron chi connectivity index (χ4n) is 15.7. The van der Waals surface area contributed by atoms with Crippen molar-refractivity contribution in [1.29, 1.82) is 0 Å². The van der Waals surface area contributed by atoms with Gasteiger partial charge in [0.1, 0.15) is 36.6 Å². The zero-order chi connectivity index (χ0) is 43.1. The van der Waals surface area contributed by atoms with Crippen LogP contribution in [0.1, 0.15) is 52.6 Å². The van der Waals surface area contributed by atoms with Gasteiger partial charge < -0.3 is 59.5 Å². The molecule has 6 aliphatic heterocycles. The van der Waals surface area contributed by atoms with Crippen LogP contribution < -0.4 is 14.2 Å². The molecule has 3 aromatic carbocycles. The first kappa shape index (κ1) is 38.9. The zero-order valence-electron chi connectivity index (χ0n) is 36.0. The summed E-state index contributed by atoms with van der Waals surface area (Å²) in [5.41, 5.74) is 6.87. The molecule has 0 amide bonds. The molecule has 3 saturated heterocycles. The van der Waals surface area contributed by atoms with Gasteiger partial charge in [-0.05, 0) is 114 Å². The number of likely N-dealkylation sites (tertiary alicyclic amines) is 3. The summed E-state index contributed by atoms with van der Waals surface area (Å²) >= 11 is 0. The molecule has 0 saturated carbocycles. The van der Waals surface area contributed by atoms with Crippen LogP contribution in [0.15, 0.2) is 72.9 Å². The molecule has 3 aromatic rings. The fraction of sp³-hybridized carbons (Fsp3) is 0.529. The van der Waals surface area contributed by atoms with Crippen LogP contribution in [0, 0.1) is 17.8 Å². The third kappa shape index (κ3) is 4.72. The van der Waals surface area contributed by atoms with Crippen molar-refractivity contribution in [1.82, 2.24) is 14.7 Å². The number of aromatic hydroxyl groups is 3. The summed E-state index contributed by atoms with van der Waals surface area (Å²) in [5.74, 6) is 3.57. The highest BCUT2D eigenvalue weighted by Gasteiger charge is 2.67. The Bertz CT molecular complexity index is 2290. The highest BCUT2D eigenvalue weighted by molar-refractivity contribution is 5.64. The summed E-state index contributed by atoms with van der Waals surface area (Å²) in [6.07, 6.45) is 15.5. The number of likely N-dealkylation sites (N-methyl/N-ethyl adjacent to an activating group) is 3. The van der Waals surface area contributed by atoms with E-state index in [1.807, 2.05) is 36.4 Å². The lowest BCUT2D eigenvalue weighted by atomic mass is 9.53. The van der Waals surface area contributed by atoms with Crippen LogP contribution in [0.3, 0.4) is 0 Å². The van der Waals surface area contributed by atoms with Gasteiger partial charge in [0, 0.05) is 68.8 Å². The Labute approximate surface area is 367 Å². The van der Waals surface area contributed by atoms with E-state index in [-0.39, 0.29) is 51.8 Å². The zero-order valence-corrected chi connectivity index (χ0v) is 36.0. The summed E-state index contributed by atoms with van der Waals surface area (Å²) in [6.45, 7) is 3.03. The minimum Gasteiger partial charge on any atom is -0.504 e. The molecule has 0 aromatic heterocycles. The third-order valence-electron chi connectivity index (χ3n) is 18.4. The average molecular weight is 856 g/mol. The second kappa shape index (κ2) is 13.0. The molecule has 12 aliphatic rings. The molecule has 0 unspecified atom stereocenters. The molecular weight excluding hydrogens is 799 g/mol. The SMILES string of the molecule is CN1CC[C@]23c4c5ccc(O)c4O[C@H]2[C@@H](O)C=C[C@H]3[C@H]1C5.CN1CC[C@]23c4c5ccc(O)c4O[C@H]2[C@@H](O)C=C[C@H]3[C@H]1C5.CN1CC[C@]23c4c5ccc(O)c4O[C@H]2[C@@H](O)C=C[C@H]3[C@H]1C5. The maximum absolute atomic E-state index is 10.4. The largest absolute Gasteiger partial charge is 0.504 e. The van der Waals surface area contributed by atoms with E-state index in [2.05, 4.69) is 54.1 Å². The van der Waals surface area contributed by atoms with Gasteiger partial charge in [0.05, 0.1) is 0 Å². The highest BCUT2D eigenvalue weighted by atomic mass is 16.5. The van der Waals surface area contributed by atoms with Gasteiger partial charge in [-0.15, -0.1) is 0 Å². The molecule has 6 heterocycles. The van der Waals surface area contributed by atoms with Crippen molar-refractivity contribution in [2.75, 3.05) is 40.8 Å². The number of aliphatic hydroxyl groups is 3. The molecule has 0 radical (unpaired) electrons. The Morgan fingerprint density at radius 1 is 0.444 bits per heavy atom. The first-order valence-corrected chi connectivity index (χ1v) is 23.1. The van der Waals surface area contributed by atoms with Gasteiger partial charge in [-0.2, -0.15) is 0 Å². The Morgan fingerprint density at radius 2 is 0.730 bits per heavy atom.